The van der Waals surface area contributed by atoms with E-state index in [1.807, 2.05) is 6.08 Å². The second kappa shape index (κ2) is 8.21. The Kier molecular flexibility index (Phi) is 6.00. The van der Waals surface area contributed by atoms with Gasteiger partial charge in [0.1, 0.15) is 0 Å². The average molecular weight is 332 g/mol. The highest BCUT2D eigenvalue weighted by Gasteiger charge is 2.31. The van der Waals surface area contributed by atoms with Crippen molar-refractivity contribution >= 4 is 0 Å². The minimum absolute atomic E-state index is 0.339. The standard InChI is InChI=1S/C18H32N6/c1-4-9-22-10-12-23(13-11-22)17(14-15(2)3)18-19-20-21-24(18)16-7-5-6-8-16/h4,15-17H,1,5-14H2,2-3H3/t17-/m1/s1. The second-order valence-electron chi connectivity index (χ2n) is 7.69. The first-order valence-corrected chi connectivity index (χ1v) is 9.54. The number of piperazine rings is 1. The lowest BCUT2D eigenvalue weighted by atomic mass is 10.0. The molecule has 0 N–H and O–H groups in total. The van der Waals surface area contributed by atoms with Gasteiger partial charge in [-0.2, -0.15) is 0 Å². The molecular formula is C18H32N6. The van der Waals surface area contributed by atoms with E-state index in [4.69, 9.17) is 0 Å². The molecule has 6 nitrogen and oxygen atoms in total. The van der Waals surface area contributed by atoms with Gasteiger partial charge in [0.2, 0.25) is 0 Å². The molecule has 0 spiro atoms. The van der Waals surface area contributed by atoms with Gasteiger partial charge in [-0.3, -0.25) is 9.80 Å². The van der Waals surface area contributed by atoms with Crippen LogP contribution in [0.5, 0.6) is 0 Å². The molecule has 1 aromatic rings. The summed E-state index contributed by atoms with van der Waals surface area (Å²) in [6, 6.07) is 0.846. The molecule has 6 heteroatoms. The summed E-state index contributed by atoms with van der Waals surface area (Å²) in [5.74, 6) is 1.72. The Morgan fingerprint density at radius 1 is 1.17 bits per heavy atom. The maximum atomic E-state index is 4.48. The molecule has 0 amide bonds. The molecule has 1 aliphatic heterocycles. The molecule has 3 rings (SSSR count). The van der Waals surface area contributed by atoms with E-state index in [1.165, 1.54) is 25.7 Å². The van der Waals surface area contributed by atoms with Gasteiger partial charge in [0, 0.05) is 32.7 Å². The van der Waals surface area contributed by atoms with Gasteiger partial charge in [0.25, 0.3) is 0 Å². The second-order valence-corrected chi connectivity index (χ2v) is 7.69. The molecule has 0 radical (unpaired) electrons. The first kappa shape index (κ1) is 17.5. The molecule has 1 aliphatic carbocycles. The van der Waals surface area contributed by atoms with Gasteiger partial charge in [-0.15, -0.1) is 11.7 Å². The highest BCUT2D eigenvalue weighted by molar-refractivity contribution is 4.98. The van der Waals surface area contributed by atoms with Crippen LogP contribution < -0.4 is 0 Å². The smallest absolute Gasteiger partial charge is 0.168 e. The number of hydrogen-bond donors (Lipinski definition) is 0. The van der Waals surface area contributed by atoms with Crippen molar-refractivity contribution in [1.29, 1.82) is 0 Å². The van der Waals surface area contributed by atoms with Crippen molar-refractivity contribution in [3.05, 3.63) is 18.5 Å². The minimum Gasteiger partial charge on any atom is -0.297 e. The van der Waals surface area contributed by atoms with E-state index in [0.29, 0.717) is 18.0 Å². The highest BCUT2D eigenvalue weighted by atomic mass is 15.6. The molecule has 1 saturated carbocycles. The van der Waals surface area contributed by atoms with Gasteiger partial charge < -0.3 is 0 Å². The molecule has 0 aromatic carbocycles. The first-order chi connectivity index (χ1) is 11.7. The molecule has 2 aliphatic rings. The largest absolute Gasteiger partial charge is 0.297 e. The van der Waals surface area contributed by atoms with Crippen molar-refractivity contribution in [2.75, 3.05) is 32.7 Å². The third-order valence-electron chi connectivity index (χ3n) is 5.42. The molecule has 0 unspecified atom stereocenters. The van der Waals surface area contributed by atoms with Crippen molar-refractivity contribution < 1.29 is 0 Å². The Hall–Kier alpha value is -1.27. The van der Waals surface area contributed by atoms with Crippen LogP contribution in [0.4, 0.5) is 0 Å². The Morgan fingerprint density at radius 2 is 1.88 bits per heavy atom. The van der Waals surface area contributed by atoms with Gasteiger partial charge >= 0.3 is 0 Å². The molecule has 2 heterocycles. The molecule has 1 aromatic heterocycles. The molecule has 0 bridgehead atoms. The molecule has 24 heavy (non-hydrogen) atoms. The molecule has 2 fully saturated rings. The summed E-state index contributed by atoms with van der Waals surface area (Å²) in [6.07, 6.45) is 8.17. The fourth-order valence-electron chi connectivity index (χ4n) is 4.13. The quantitative estimate of drug-likeness (QED) is 0.719. The topological polar surface area (TPSA) is 50.1 Å². The Morgan fingerprint density at radius 3 is 2.50 bits per heavy atom. The summed E-state index contributed by atoms with van der Waals surface area (Å²) in [4.78, 5) is 5.06. The summed E-state index contributed by atoms with van der Waals surface area (Å²) in [6.45, 7) is 13.8. The summed E-state index contributed by atoms with van der Waals surface area (Å²) >= 11 is 0. The zero-order valence-electron chi connectivity index (χ0n) is 15.3. The van der Waals surface area contributed by atoms with E-state index in [-0.39, 0.29) is 0 Å². The number of hydrogen-bond acceptors (Lipinski definition) is 5. The van der Waals surface area contributed by atoms with Crippen molar-refractivity contribution in [3.8, 4) is 0 Å². The van der Waals surface area contributed by atoms with E-state index < -0.39 is 0 Å². The third kappa shape index (κ3) is 4.03. The van der Waals surface area contributed by atoms with Crippen LogP contribution in [0.25, 0.3) is 0 Å². The average Bonchev–Trinajstić information content (AvgIpc) is 3.24. The molecule has 134 valence electrons. The SMILES string of the molecule is C=CCN1CCN([C@H](CC(C)C)c2nnnn2C2CCCC2)CC1. The van der Waals surface area contributed by atoms with Crippen LogP contribution >= 0.6 is 0 Å². The third-order valence-corrected chi connectivity index (χ3v) is 5.42. The number of aromatic nitrogens is 4. The van der Waals surface area contributed by atoms with Gasteiger partial charge in [-0.1, -0.05) is 32.8 Å². The maximum Gasteiger partial charge on any atom is 0.168 e. The monoisotopic (exact) mass is 332 g/mol. The summed E-state index contributed by atoms with van der Waals surface area (Å²) < 4.78 is 2.15. The van der Waals surface area contributed by atoms with E-state index in [9.17, 15) is 0 Å². The normalized spacial score (nSPS) is 22.3. The van der Waals surface area contributed by atoms with Crippen LogP contribution in [0, 0.1) is 5.92 Å². The lowest BCUT2D eigenvalue weighted by molar-refractivity contribution is 0.0853. The van der Waals surface area contributed by atoms with Crippen molar-refractivity contribution in [1.82, 2.24) is 30.0 Å². The fourth-order valence-corrected chi connectivity index (χ4v) is 4.13. The lowest BCUT2D eigenvalue weighted by Crippen LogP contribution is -2.48. The summed E-state index contributed by atoms with van der Waals surface area (Å²) in [7, 11) is 0. The van der Waals surface area contributed by atoms with Gasteiger partial charge in [-0.05, 0) is 35.6 Å². The number of nitrogens with zero attached hydrogens (tertiary/aromatic N) is 6. The molecule has 1 atom stereocenters. The predicted molar refractivity (Wildman–Crippen MR) is 95.7 cm³/mol. The van der Waals surface area contributed by atoms with Crippen LogP contribution in [0.3, 0.4) is 0 Å². The highest BCUT2D eigenvalue weighted by Crippen LogP contribution is 2.33. The van der Waals surface area contributed by atoms with Crippen molar-refractivity contribution in [3.63, 3.8) is 0 Å². The zero-order chi connectivity index (χ0) is 16.9. The summed E-state index contributed by atoms with van der Waals surface area (Å²) in [5.41, 5.74) is 0. The van der Waals surface area contributed by atoms with E-state index in [1.54, 1.807) is 0 Å². The van der Waals surface area contributed by atoms with E-state index in [2.05, 4.69) is 50.4 Å². The Balaban J connectivity index is 1.75. The first-order valence-electron chi connectivity index (χ1n) is 9.54. The van der Waals surface area contributed by atoms with E-state index >= 15 is 0 Å². The fraction of sp³-hybridized carbons (Fsp3) is 0.833. The van der Waals surface area contributed by atoms with Crippen LogP contribution in [-0.4, -0.2) is 62.7 Å². The van der Waals surface area contributed by atoms with E-state index in [0.717, 1.165) is 45.0 Å². The van der Waals surface area contributed by atoms with Crippen LogP contribution in [0.1, 0.15) is 63.9 Å². The maximum absolute atomic E-state index is 4.48. The zero-order valence-corrected chi connectivity index (χ0v) is 15.3. The Labute approximate surface area is 145 Å². The lowest BCUT2D eigenvalue weighted by Gasteiger charge is -2.39. The predicted octanol–water partition coefficient (Wildman–Crippen LogP) is 2.68. The van der Waals surface area contributed by atoms with Crippen molar-refractivity contribution in [2.24, 2.45) is 5.92 Å². The molecule has 1 saturated heterocycles. The molecular weight excluding hydrogens is 300 g/mol. The van der Waals surface area contributed by atoms with Crippen molar-refractivity contribution in [2.45, 2.75) is 58.0 Å². The minimum atomic E-state index is 0.339. The van der Waals surface area contributed by atoms with Gasteiger partial charge in [0.15, 0.2) is 5.82 Å². The summed E-state index contributed by atoms with van der Waals surface area (Å²) in [5, 5.41) is 12.9. The van der Waals surface area contributed by atoms with Crippen LogP contribution in [0.2, 0.25) is 0 Å². The van der Waals surface area contributed by atoms with Crippen LogP contribution in [-0.2, 0) is 0 Å². The number of rotatable bonds is 7. The Bertz CT molecular complexity index is 511. The van der Waals surface area contributed by atoms with Crippen LogP contribution in [0.15, 0.2) is 12.7 Å². The van der Waals surface area contributed by atoms with Gasteiger partial charge in [-0.25, -0.2) is 4.68 Å². The number of tetrazole rings is 1. The van der Waals surface area contributed by atoms with Gasteiger partial charge in [0.05, 0.1) is 12.1 Å².